The van der Waals surface area contributed by atoms with Crippen LogP contribution in [0.2, 0.25) is 0 Å². The summed E-state index contributed by atoms with van der Waals surface area (Å²) < 4.78 is 0. The molecule has 0 amide bonds. The maximum Gasteiger partial charge on any atom is 0.229 e. The first-order valence-corrected chi connectivity index (χ1v) is 5.79. The molecule has 0 bridgehead atoms. The zero-order valence-corrected chi connectivity index (χ0v) is 10.2. The Balaban J connectivity index is 2.06. The van der Waals surface area contributed by atoms with Gasteiger partial charge in [-0.2, -0.15) is 4.98 Å². The maximum atomic E-state index is 8.74. The minimum Gasteiger partial charge on any atom is -0.395 e. The summed E-state index contributed by atoms with van der Waals surface area (Å²) in [7, 11) is 0. The summed E-state index contributed by atoms with van der Waals surface area (Å²) in [5.41, 5.74) is 2.15. The van der Waals surface area contributed by atoms with Crippen LogP contribution in [0.1, 0.15) is 5.56 Å². The Morgan fingerprint density at radius 3 is 2.67 bits per heavy atom. The number of aliphatic hydroxyl groups excluding tert-OH is 1. The molecule has 5 heteroatoms. The van der Waals surface area contributed by atoms with Gasteiger partial charge in [0, 0.05) is 18.4 Å². The molecule has 0 fully saturated rings. The van der Waals surface area contributed by atoms with Crippen molar-refractivity contribution in [3.05, 3.63) is 42.1 Å². The molecular weight excluding hydrogens is 228 g/mol. The number of hydrogen-bond acceptors (Lipinski definition) is 5. The summed E-state index contributed by atoms with van der Waals surface area (Å²) in [5.74, 6) is 1.22. The SMILES string of the molecule is Cc1ccc(Nc2nccc(NCCO)n2)cc1. The van der Waals surface area contributed by atoms with Crippen molar-refractivity contribution in [2.45, 2.75) is 6.92 Å². The summed E-state index contributed by atoms with van der Waals surface area (Å²) in [6.45, 7) is 2.59. The molecule has 94 valence electrons. The average molecular weight is 244 g/mol. The fourth-order valence-electron chi connectivity index (χ4n) is 1.47. The summed E-state index contributed by atoms with van der Waals surface area (Å²) in [5, 5.41) is 14.8. The second-order valence-electron chi connectivity index (χ2n) is 3.91. The van der Waals surface area contributed by atoms with E-state index in [1.54, 1.807) is 12.3 Å². The van der Waals surface area contributed by atoms with E-state index in [1.165, 1.54) is 5.56 Å². The monoisotopic (exact) mass is 244 g/mol. The Bertz CT molecular complexity index is 499. The first-order chi connectivity index (χ1) is 8.78. The zero-order chi connectivity index (χ0) is 12.8. The van der Waals surface area contributed by atoms with Crippen LogP contribution in [-0.4, -0.2) is 28.2 Å². The van der Waals surface area contributed by atoms with Gasteiger partial charge in [0.25, 0.3) is 0 Å². The Hall–Kier alpha value is -2.14. The standard InChI is InChI=1S/C13H16N4O/c1-10-2-4-11(5-3-10)16-13-15-7-6-12(17-13)14-8-9-18/h2-7,18H,8-9H2,1H3,(H2,14,15,16,17). The predicted molar refractivity (Wildman–Crippen MR) is 72.1 cm³/mol. The van der Waals surface area contributed by atoms with E-state index in [1.807, 2.05) is 31.2 Å². The first kappa shape index (κ1) is 12.3. The molecule has 0 aliphatic rings. The van der Waals surface area contributed by atoms with E-state index in [0.717, 1.165) is 5.69 Å². The molecule has 1 aromatic heterocycles. The minimum absolute atomic E-state index is 0.0741. The molecule has 1 aromatic carbocycles. The van der Waals surface area contributed by atoms with Crippen molar-refractivity contribution in [1.82, 2.24) is 9.97 Å². The lowest BCUT2D eigenvalue weighted by molar-refractivity contribution is 0.311. The second kappa shape index (κ2) is 5.97. The summed E-state index contributed by atoms with van der Waals surface area (Å²) in [4.78, 5) is 8.42. The van der Waals surface area contributed by atoms with Crippen LogP contribution >= 0.6 is 0 Å². The number of nitrogens with one attached hydrogen (secondary N) is 2. The van der Waals surface area contributed by atoms with Crippen LogP contribution < -0.4 is 10.6 Å². The van der Waals surface area contributed by atoms with Crippen molar-refractivity contribution in [3.63, 3.8) is 0 Å². The number of anilines is 3. The molecule has 0 atom stereocenters. The number of aromatic nitrogens is 2. The van der Waals surface area contributed by atoms with Crippen LogP contribution in [0.5, 0.6) is 0 Å². The summed E-state index contributed by atoms with van der Waals surface area (Å²) in [6, 6.07) is 9.77. The third-order valence-electron chi connectivity index (χ3n) is 2.38. The molecule has 0 radical (unpaired) electrons. The number of hydrogen-bond donors (Lipinski definition) is 3. The lowest BCUT2D eigenvalue weighted by Gasteiger charge is -2.07. The number of aryl methyl sites for hydroxylation is 1. The van der Waals surface area contributed by atoms with Gasteiger partial charge in [-0.3, -0.25) is 0 Å². The minimum atomic E-state index is 0.0741. The molecule has 18 heavy (non-hydrogen) atoms. The number of rotatable bonds is 5. The molecule has 2 rings (SSSR count). The molecule has 0 unspecified atom stereocenters. The highest BCUT2D eigenvalue weighted by Gasteiger charge is 1.99. The average Bonchev–Trinajstić information content (AvgIpc) is 2.40. The molecule has 0 aliphatic heterocycles. The Labute approximate surface area is 106 Å². The Kier molecular flexibility index (Phi) is 4.09. The second-order valence-corrected chi connectivity index (χ2v) is 3.91. The van der Waals surface area contributed by atoms with E-state index < -0.39 is 0 Å². The van der Waals surface area contributed by atoms with E-state index in [0.29, 0.717) is 18.3 Å². The van der Waals surface area contributed by atoms with Crippen molar-refractivity contribution < 1.29 is 5.11 Å². The van der Waals surface area contributed by atoms with Crippen LogP contribution in [-0.2, 0) is 0 Å². The van der Waals surface area contributed by atoms with E-state index in [-0.39, 0.29) is 6.61 Å². The van der Waals surface area contributed by atoms with Gasteiger partial charge >= 0.3 is 0 Å². The van der Waals surface area contributed by atoms with Gasteiger partial charge in [-0.15, -0.1) is 0 Å². The van der Waals surface area contributed by atoms with E-state index in [4.69, 9.17) is 5.11 Å². The lowest BCUT2D eigenvalue weighted by atomic mass is 10.2. The van der Waals surface area contributed by atoms with Crippen molar-refractivity contribution >= 4 is 17.5 Å². The van der Waals surface area contributed by atoms with Gasteiger partial charge in [-0.25, -0.2) is 4.98 Å². The smallest absolute Gasteiger partial charge is 0.229 e. The zero-order valence-electron chi connectivity index (χ0n) is 10.2. The van der Waals surface area contributed by atoms with E-state index in [9.17, 15) is 0 Å². The highest BCUT2D eigenvalue weighted by Crippen LogP contribution is 2.14. The normalized spacial score (nSPS) is 10.1. The molecule has 5 nitrogen and oxygen atoms in total. The fourth-order valence-corrected chi connectivity index (χ4v) is 1.47. The molecule has 1 heterocycles. The quantitative estimate of drug-likeness (QED) is 0.749. The van der Waals surface area contributed by atoms with Crippen LogP contribution in [0.15, 0.2) is 36.5 Å². The Morgan fingerprint density at radius 2 is 1.94 bits per heavy atom. The molecule has 0 aliphatic carbocycles. The number of benzene rings is 1. The highest BCUT2D eigenvalue weighted by atomic mass is 16.3. The van der Waals surface area contributed by atoms with E-state index in [2.05, 4.69) is 20.6 Å². The van der Waals surface area contributed by atoms with Crippen LogP contribution in [0, 0.1) is 6.92 Å². The number of nitrogens with zero attached hydrogens (tertiary/aromatic N) is 2. The molecule has 0 spiro atoms. The van der Waals surface area contributed by atoms with Crippen molar-refractivity contribution in [2.75, 3.05) is 23.8 Å². The topological polar surface area (TPSA) is 70.1 Å². The molecule has 2 aromatic rings. The van der Waals surface area contributed by atoms with Crippen LogP contribution in [0.3, 0.4) is 0 Å². The largest absolute Gasteiger partial charge is 0.395 e. The van der Waals surface area contributed by atoms with Gasteiger partial charge in [0.2, 0.25) is 5.95 Å². The Morgan fingerprint density at radius 1 is 1.17 bits per heavy atom. The van der Waals surface area contributed by atoms with Gasteiger partial charge in [0.15, 0.2) is 0 Å². The van der Waals surface area contributed by atoms with Gasteiger partial charge in [-0.1, -0.05) is 17.7 Å². The first-order valence-electron chi connectivity index (χ1n) is 5.79. The van der Waals surface area contributed by atoms with Gasteiger partial charge in [0.05, 0.1) is 6.61 Å². The third-order valence-corrected chi connectivity index (χ3v) is 2.38. The molecule has 0 saturated heterocycles. The molecular formula is C13H16N4O. The fraction of sp³-hybridized carbons (Fsp3) is 0.231. The van der Waals surface area contributed by atoms with Crippen molar-refractivity contribution in [3.8, 4) is 0 Å². The van der Waals surface area contributed by atoms with Crippen LogP contribution in [0.4, 0.5) is 17.5 Å². The summed E-state index contributed by atoms with van der Waals surface area (Å²) in [6.07, 6.45) is 1.67. The maximum absolute atomic E-state index is 8.74. The third kappa shape index (κ3) is 3.43. The highest BCUT2D eigenvalue weighted by molar-refractivity contribution is 5.54. The van der Waals surface area contributed by atoms with Crippen LogP contribution in [0.25, 0.3) is 0 Å². The van der Waals surface area contributed by atoms with Crippen molar-refractivity contribution in [2.24, 2.45) is 0 Å². The predicted octanol–water partition coefficient (Wildman–Crippen LogP) is 1.93. The van der Waals surface area contributed by atoms with Gasteiger partial charge < -0.3 is 15.7 Å². The lowest BCUT2D eigenvalue weighted by Crippen LogP contribution is -2.08. The summed E-state index contributed by atoms with van der Waals surface area (Å²) >= 11 is 0. The molecule has 3 N–H and O–H groups in total. The van der Waals surface area contributed by atoms with Gasteiger partial charge in [-0.05, 0) is 25.1 Å². The van der Waals surface area contributed by atoms with Gasteiger partial charge in [0.1, 0.15) is 5.82 Å². The number of aliphatic hydroxyl groups is 1. The molecule has 0 saturated carbocycles. The van der Waals surface area contributed by atoms with E-state index >= 15 is 0 Å². The van der Waals surface area contributed by atoms with Crippen molar-refractivity contribution in [1.29, 1.82) is 0 Å².